The zero-order valence-corrected chi connectivity index (χ0v) is 8.57. The number of nitrogens with zero attached hydrogens (tertiary/aromatic N) is 1. The van der Waals surface area contributed by atoms with Gasteiger partial charge in [0, 0.05) is 5.25 Å². The Labute approximate surface area is 79.0 Å². The van der Waals surface area contributed by atoms with Crippen molar-refractivity contribution in [1.82, 2.24) is 0 Å². The van der Waals surface area contributed by atoms with E-state index < -0.39 is 0 Å². The molecule has 0 bridgehead atoms. The Hall–Kier alpha value is 0.0200. The van der Waals surface area contributed by atoms with Crippen LogP contribution in [0.15, 0.2) is 4.99 Å². The summed E-state index contributed by atoms with van der Waals surface area (Å²) < 4.78 is 0. The second kappa shape index (κ2) is 3.82. The van der Waals surface area contributed by atoms with Gasteiger partial charge in [0.05, 0.1) is 11.1 Å². The Morgan fingerprint density at radius 1 is 1.17 bits per heavy atom. The molecule has 1 aliphatic carbocycles. The second-order valence-electron chi connectivity index (χ2n) is 3.86. The van der Waals surface area contributed by atoms with Gasteiger partial charge in [-0.25, -0.2) is 0 Å². The van der Waals surface area contributed by atoms with Crippen molar-refractivity contribution in [2.45, 2.75) is 56.7 Å². The summed E-state index contributed by atoms with van der Waals surface area (Å²) in [4.78, 5) is 4.69. The highest BCUT2D eigenvalue weighted by molar-refractivity contribution is 8.14. The van der Waals surface area contributed by atoms with E-state index in [9.17, 15) is 0 Å². The van der Waals surface area contributed by atoms with Gasteiger partial charge in [-0.2, -0.15) is 0 Å². The molecule has 0 N–H and O–H groups in total. The number of fused-ring (bicyclic) bond motifs is 1. The molecule has 2 atom stereocenters. The van der Waals surface area contributed by atoms with Gasteiger partial charge in [-0.1, -0.05) is 25.7 Å². The lowest BCUT2D eigenvalue weighted by molar-refractivity contribution is 0.470. The average molecular weight is 183 g/mol. The van der Waals surface area contributed by atoms with Gasteiger partial charge in [-0.15, -0.1) is 11.8 Å². The molecule has 0 spiro atoms. The normalized spacial score (nSPS) is 36.6. The van der Waals surface area contributed by atoms with Gasteiger partial charge in [-0.3, -0.25) is 4.99 Å². The van der Waals surface area contributed by atoms with E-state index in [0.29, 0.717) is 6.04 Å². The summed E-state index contributed by atoms with van der Waals surface area (Å²) in [5.74, 6) is 0. The molecule has 12 heavy (non-hydrogen) atoms. The third-order valence-electron chi connectivity index (χ3n) is 2.84. The van der Waals surface area contributed by atoms with Crippen LogP contribution in [0.25, 0.3) is 0 Å². The molecule has 2 heteroatoms. The lowest BCUT2D eigenvalue weighted by Crippen LogP contribution is -2.18. The summed E-state index contributed by atoms with van der Waals surface area (Å²) in [7, 11) is 0. The smallest absolute Gasteiger partial charge is 0.0652 e. The molecule has 1 aliphatic heterocycles. The fraction of sp³-hybridized carbons (Fsp3) is 0.900. The van der Waals surface area contributed by atoms with E-state index in [4.69, 9.17) is 4.99 Å². The van der Waals surface area contributed by atoms with Crippen molar-refractivity contribution in [3.05, 3.63) is 0 Å². The van der Waals surface area contributed by atoms with Gasteiger partial charge in [0.15, 0.2) is 0 Å². The van der Waals surface area contributed by atoms with Crippen LogP contribution in [-0.2, 0) is 0 Å². The summed E-state index contributed by atoms with van der Waals surface area (Å²) in [6.45, 7) is 2.16. The Balaban J connectivity index is 1.98. The predicted molar refractivity (Wildman–Crippen MR) is 56.0 cm³/mol. The van der Waals surface area contributed by atoms with Crippen molar-refractivity contribution in [2.24, 2.45) is 4.99 Å². The molecule has 0 amide bonds. The van der Waals surface area contributed by atoms with E-state index in [1.165, 1.54) is 43.6 Å². The number of thioether (sulfide) groups is 1. The molecule has 1 saturated carbocycles. The highest BCUT2D eigenvalue weighted by Gasteiger charge is 2.28. The Bertz CT molecular complexity index is 188. The molecule has 0 aromatic carbocycles. The molecule has 68 valence electrons. The van der Waals surface area contributed by atoms with Gasteiger partial charge in [0.1, 0.15) is 0 Å². The highest BCUT2D eigenvalue weighted by Crippen LogP contribution is 2.34. The molecule has 0 saturated heterocycles. The van der Waals surface area contributed by atoms with Crippen molar-refractivity contribution in [3.8, 4) is 0 Å². The largest absolute Gasteiger partial charge is 0.279 e. The topological polar surface area (TPSA) is 12.4 Å². The van der Waals surface area contributed by atoms with Crippen molar-refractivity contribution < 1.29 is 0 Å². The van der Waals surface area contributed by atoms with Crippen LogP contribution in [0, 0.1) is 0 Å². The van der Waals surface area contributed by atoms with E-state index in [0.717, 1.165) is 5.25 Å². The number of aliphatic imine (C=N–C) groups is 1. The monoisotopic (exact) mass is 183 g/mol. The summed E-state index contributed by atoms with van der Waals surface area (Å²) in [5, 5.41) is 2.16. The summed E-state index contributed by atoms with van der Waals surface area (Å²) >= 11 is 2.02. The first kappa shape index (κ1) is 8.61. The van der Waals surface area contributed by atoms with Gasteiger partial charge in [-0.05, 0) is 19.8 Å². The molecule has 2 aliphatic rings. The van der Waals surface area contributed by atoms with Crippen LogP contribution in [0.3, 0.4) is 0 Å². The lowest BCUT2D eigenvalue weighted by atomic mass is 9.97. The van der Waals surface area contributed by atoms with Crippen LogP contribution in [0.5, 0.6) is 0 Å². The quantitative estimate of drug-likeness (QED) is 0.561. The third-order valence-corrected chi connectivity index (χ3v) is 4.14. The Kier molecular flexibility index (Phi) is 2.74. The molecule has 0 unspecified atom stereocenters. The number of hydrogen-bond acceptors (Lipinski definition) is 2. The fourth-order valence-corrected chi connectivity index (χ4v) is 3.47. The van der Waals surface area contributed by atoms with Crippen molar-refractivity contribution in [3.63, 3.8) is 0 Å². The molecule has 1 fully saturated rings. The van der Waals surface area contributed by atoms with Crippen LogP contribution in [0.4, 0.5) is 0 Å². The SMILES string of the molecule is CC1=N[C@@H]2CCCCCC[C@H]2S1. The minimum Gasteiger partial charge on any atom is -0.279 e. The lowest BCUT2D eigenvalue weighted by Gasteiger charge is -2.19. The van der Waals surface area contributed by atoms with E-state index in [-0.39, 0.29) is 0 Å². The van der Waals surface area contributed by atoms with E-state index in [1.807, 2.05) is 11.8 Å². The fourth-order valence-electron chi connectivity index (χ4n) is 2.20. The first-order chi connectivity index (χ1) is 5.86. The maximum Gasteiger partial charge on any atom is 0.0652 e. The van der Waals surface area contributed by atoms with E-state index in [2.05, 4.69) is 6.92 Å². The van der Waals surface area contributed by atoms with E-state index >= 15 is 0 Å². The predicted octanol–water partition coefficient (Wildman–Crippen LogP) is 3.24. The molecule has 2 rings (SSSR count). The first-order valence-electron chi connectivity index (χ1n) is 5.07. The minimum atomic E-state index is 0.676. The summed E-state index contributed by atoms with van der Waals surface area (Å²) in [5.41, 5.74) is 0. The standard InChI is InChI=1S/C10H17NS/c1-8-11-9-6-4-2-3-5-7-10(9)12-8/h9-10H,2-7H2,1H3/t9-,10-/m1/s1. The molecular formula is C10H17NS. The van der Waals surface area contributed by atoms with Crippen LogP contribution in [0.2, 0.25) is 0 Å². The van der Waals surface area contributed by atoms with Crippen molar-refractivity contribution in [1.29, 1.82) is 0 Å². The second-order valence-corrected chi connectivity index (χ2v) is 5.30. The number of hydrogen-bond donors (Lipinski definition) is 0. The maximum absolute atomic E-state index is 4.69. The van der Waals surface area contributed by atoms with E-state index in [1.54, 1.807) is 0 Å². The molecule has 0 aromatic rings. The molecule has 1 nitrogen and oxygen atoms in total. The minimum absolute atomic E-state index is 0.676. The van der Waals surface area contributed by atoms with Crippen molar-refractivity contribution >= 4 is 16.8 Å². The third kappa shape index (κ3) is 1.85. The van der Waals surface area contributed by atoms with Gasteiger partial charge < -0.3 is 0 Å². The molecule has 1 heterocycles. The van der Waals surface area contributed by atoms with Crippen LogP contribution >= 0.6 is 11.8 Å². The van der Waals surface area contributed by atoms with Crippen molar-refractivity contribution in [2.75, 3.05) is 0 Å². The zero-order chi connectivity index (χ0) is 8.39. The first-order valence-corrected chi connectivity index (χ1v) is 5.95. The highest BCUT2D eigenvalue weighted by atomic mass is 32.2. The average Bonchev–Trinajstić information content (AvgIpc) is 2.32. The Morgan fingerprint density at radius 2 is 1.92 bits per heavy atom. The van der Waals surface area contributed by atoms with Gasteiger partial charge >= 0.3 is 0 Å². The Morgan fingerprint density at radius 3 is 2.75 bits per heavy atom. The van der Waals surface area contributed by atoms with Gasteiger partial charge in [0.2, 0.25) is 0 Å². The van der Waals surface area contributed by atoms with Crippen LogP contribution < -0.4 is 0 Å². The van der Waals surface area contributed by atoms with Crippen LogP contribution in [-0.4, -0.2) is 16.3 Å². The molecule has 0 aromatic heterocycles. The summed E-state index contributed by atoms with van der Waals surface area (Å²) in [6.07, 6.45) is 8.45. The van der Waals surface area contributed by atoms with Crippen LogP contribution in [0.1, 0.15) is 45.4 Å². The summed E-state index contributed by atoms with van der Waals surface area (Å²) in [6, 6.07) is 0.676. The molecular weight excluding hydrogens is 166 g/mol. The maximum atomic E-state index is 4.69. The molecule has 0 radical (unpaired) electrons. The van der Waals surface area contributed by atoms with Gasteiger partial charge in [0.25, 0.3) is 0 Å². The zero-order valence-electron chi connectivity index (χ0n) is 7.75. The number of rotatable bonds is 0.